The summed E-state index contributed by atoms with van der Waals surface area (Å²) >= 11 is 6.72. The van der Waals surface area contributed by atoms with Crippen LogP contribution in [-0.2, 0) is 6.18 Å². The molecular weight excluding hydrogens is 329 g/mol. The predicted molar refractivity (Wildman–Crippen MR) is 69.6 cm³/mol. The second-order valence-corrected chi connectivity index (χ2v) is 5.26. The molecule has 0 saturated carbocycles. The van der Waals surface area contributed by atoms with Crippen molar-refractivity contribution in [3.05, 3.63) is 46.9 Å². The molecule has 0 amide bonds. The van der Waals surface area contributed by atoms with Gasteiger partial charge in [0.25, 0.3) is 0 Å². The molecule has 0 aromatic carbocycles. The Bertz CT molecular complexity index is 694. The highest BCUT2D eigenvalue weighted by molar-refractivity contribution is 7.99. The molecule has 9 heteroatoms. The van der Waals surface area contributed by atoms with E-state index in [1.165, 1.54) is 18.3 Å². The third-order valence-corrected chi connectivity index (χ3v) is 3.71. The molecule has 2 heterocycles. The highest BCUT2D eigenvalue weighted by atomic mass is 35.5. The Kier molecular flexibility index (Phi) is 4.38. The van der Waals surface area contributed by atoms with Crippen LogP contribution in [0.1, 0.15) is 16.1 Å². The molecular formula is C12H6ClF3N2O2S. The summed E-state index contributed by atoms with van der Waals surface area (Å²) in [4.78, 5) is 18.5. The number of aromatic nitrogens is 2. The zero-order valence-electron chi connectivity index (χ0n) is 10.1. The van der Waals surface area contributed by atoms with Gasteiger partial charge in [0, 0.05) is 17.3 Å². The molecule has 21 heavy (non-hydrogen) atoms. The number of carboxylic acids is 1. The van der Waals surface area contributed by atoms with E-state index in [0.717, 1.165) is 17.8 Å². The first kappa shape index (κ1) is 15.6. The number of rotatable bonds is 3. The second kappa shape index (κ2) is 5.90. The van der Waals surface area contributed by atoms with Gasteiger partial charge in [-0.25, -0.2) is 14.8 Å². The summed E-state index contributed by atoms with van der Waals surface area (Å²) in [5.41, 5.74) is -1.12. The Labute approximate surface area is 126 Å². The standard InChI is InChI=1S/C12H6ClF3N2O2S/c13-8-3-6(12(14,15)16)5-18-10(8)21-7-1-2-17-9(4-7)11(19)20/h1-5H,(H,19,20). The molecule has 2 aromatic rings. The van der Waals surface area contributed by atoms with Crippen LogP contribution in [0.15, 0.2) is 40.5 Å². The van der Waals surface area contributed by atoms with E-state index in [2.05, 4.69) is 9.97 Å². The third kappa shape index (κ3) is 3.85. The van der Waals surface area contributed by atoms with Crippen molar-refractivity contribution in [2.24, 2.45) is 0 Å². The van der Waals surface area contributed by atoms with Crippen LogP contribution in [0.3, 0.4) is 0 Å². The lowest BCUT2D eigenvalue weighted by Crippen LogP contribution is -2.05. The third-order valence-electron chi connectivity index (χ3n) is 2.30. The molecule has 0 radical (unpaired) electrons. The summed E-state index contributed by atoms with van der Waals surface area (Å²) in [5.74, 6) is -1.20. The summed E-state index contributed by atoms with van der Waals surface area (Å²) in [6.07, 6.45) is -2.57. The molecule has 0 unspecified atom stereocenters. The lowest BCUT2D eigenvalue weighted by Gasteiger charge is -2.08. The number of hydrogen-bond donors (Lipinski definition) is 1. The number of hydrogen-bond acceptors (Lipinski definition) is 4. The van der Waals surface area contributed by atoms with Crippen molar-refractivity contribution < 1.29 is 23.1 Å². The number of carbonyl (C=O) groups is 1. The number of carboxylic acid groups (broad SMARTS) is 1. The fraction of sp³-hybridized carbons (Fsp3) is 0.0833. The lowest BCUT2D eigenvalue weighted by atomic mass is 10.3. The molecule has 0 aliphatic carbocycles. The molecule has 0 atom stereocenters. The van der Waals surface area contributed by atoms with Crippen LogP contribution in [-0.4, -0.2) is 21.0 Å². The second-order valence-electron chi connectivity index (χ2n) is 3.79. The quantitative estimate of drug-likeness (QED) is 0.919. The van der Waals surface area contributed by atoms with E-state index in [4.69, 9.17) is 16.7 Å². The van der Waals surface area contributed by atoms with E-state index in [0.29, 0.717) is 11.1 Å². The van der Waals surface area contributed by atoms with Crippen molar-refractivity contribution in [3.8, 4) is 0 Å². The first-order valence-corrected chi connectivity index (χ1v) is 6.57. The van der Waals surface area contributed by atoms with Gasteiger partial charge in [0.15, 0.2) is 0 Å². The van der Waals surface area contributed by atoms with Crippen LogP contribution in [0.5, 0.6) is 0 Å². The Morgan fingerprint density at radius 1 is 1.29 bits per heavy atom. The fourth-order valence-corrected chi connectivity index (χ4v) is 2.43. The van der Waals surface area contributed by atoms with E-state index in [9.17, 15) is 18.0 Å². The van der Waals surface area contributed by atoms with Crippen LogP contribution in [0.2, 0.25) is 5.02 Å². The van der Waals surface area contributed by atoms with E-state index in [-0.39, 0.29) is 15.7 Å². The average molecular weight is 335 g/mol. The van der Waals surface area contributed by atoms with Gasteiger partial charge in [0.05, 0.1) is 10.6 Å². The van der Waals surface area contributed by atoms with Crippen molar-refractivity contribution in [1.82, 2.24) is 9.97 Å². The highest BCUT2D eigenvalue weighted by Crippen LogP contribution is 2.36. The van der Waals surface area contributed by atoms with E-state index >= 15 is 0 Å². The molecule has 4 nitrogen and oxygen atoms in total. The Morgan fingerprint density at radius 3 is 2.57 bits per heavy atom. The van der Waals surface area contributed by atoms with Crippen LogP contribution in [0.4, 0.5) is 13.2 Å². The summed E-state index contributed by atoms with van der Waals surface area (Å²) in [6, 6.07) is 3.56. The van der Waals surface area contributed by atoms with E-state index in [1.807, 2.05) is 0 Å². The number of alkyl halides is 3. The molecule has 0 saturated heterocycles. The fourth-order valence-electron chi connectivity index (χ4n) is 1.36. The number of aromatic carboxylic acids is 1. The van der Waals surface area contributed by atoms with Crippen LogP contribution in [0, 0.1) is 0 Å². The molecule has 2 rings (SSSR count). The zero-order valence-corrected chi connectivity index (χ0v) is 11.6. The van der Waals surface area contributed by atoms with Crippen LogP contribution < -0.4 is 0 Å². The predicted octanol–water partition coefficient (Wildman–Crippen LogP) is 4.00. The molecule has 0 fully saturated rings. The van der Waals surface area contributed by atoms with Gasteiger partial charge >= 0.3 is 12.1 Å². The maximum absolute atomic E-state index is 12.5. The minimum atomic E-state index is -4.52. The van der Waals surface area contributed by atoms with Crippen LogP contribution >= 0.6 is 23.4 Å². The summed E-state index contributed by atoms with van der Waals surface area (Å²) in [7, 11) is 0. The van der Waals surface area contributed by atoms with Gasteiger partial charge in [-0.05, 0) is 18.2 Å². The lowest BCUT2D eigenvalue weighted by molar-refractivity contribution is -0.137. The molecule has 0 bridgehead atoms. The number of pyridine rings is 2. The molecule has 2 aromatic heterocycles. The van der Waals surface area contributed by atoms with Gasteiger partial charge in [-0.15, -0.1) is 0 Å². The smallest absolute Gasteiger partial charge is 0.417 e. The maximum Gasteiger partial charge on any atom is 0.417 e. The number of nitrogens with zero attached hydrogens (tertiary/aromatic N) is 2. The van der Waals surface area contributed by atoms with Gasteiger partial charge in [0.1, 0.15) is 10.7 Å². The van der Waals surface area contributed by atoms with Crippen molar-refractivity contribution in [3.63, 3.8) is 0 Å². The minimum Gasteiger partial charge on any atom is -0.477 e. The van der Waals surface area contributed by atoms with Gasteiger partial charge in [0.2, 0.25) is 0 Å². The van der Waals surface area contributed by atoms with Gasteiger partial charge < -0.3 is 5.11 Å². The summed E-state index contributed by atoms with van der Waals surface area (Å²) in [6.45, 7) is 0. The van der Waals surface area contributed by atoms with Crippen molar-refractivity contribution in [2.45, 2.75) is 16.1 Å². The normalized spacial score (nSPS) is 11.4. The summed E-state index contributed by atoms with van der Waals surface area (Å²) in [5, 5.41) is 8.80. The molecule has 0 aliphatic rings. The first-order chi connectivity index (χ1) is 9.77. The molecule has 0 spiro atoms. The average Bonchev–Trinajstić information content (AvgIpc) is 2.40. The molecule has 110 valence electrons. The molecule has 1 N–H and O–H groups in total. The monoisotopic (exact) mass is 334 g/mol. The van der Waals surface area contributed by atoms with Gasteiger partial charge in [-0.3, -0.25) is 0 Å². The Balaban J connectivity index is 2.28. The SMILES string of the molecule is O=C(O)c1cc(Sc2ncc(C(F)(F)F)cc2Cl)ccn1. The first-order valence-electron chi connectivity index (χ1n) is 5.37. The Hall–Kier alpha value is -1.80. The topological polar surface area (TPSA) is 63.1 Å². The van der Waals surface area contributed by atoms with E-state index in [1.54, 1.807) is 0 Å². The minimum absolute atomic E-state index is 0.146. The highest BCUT2D eigenvalue weighted by Gasteiger charge is 2.31. The largest absolute Gasteiger partial charge is 0.477 e. The van der Waals surface area contributed by atoms with Crippen molar-refractivity contribution >= 4 is 29.3 Å². The molecule has 0 aliphatic heterocycles. The number of halogens is 4. The zero-order chi connectivity index (χ0) is 15.6. The van der Waals surface area contributed by atoms with Gasteiger partial charge in [-0.1, -0.05) is 23.4 Å². The van der Waals surface area contributed by atoms with E-state index < -0.39 is 17.7 Å². The van der Waals surface area contributed by atoms with Crippen LogP contribution in [0.25, 0.3) is 0 Å². The van der Waals surface area contributed by atoms with Crippen molar-refractivity contribution in [2.75, 3.05) is 0 Å². The van der Waals surface area contributed by atoms with Gasteiger partial charge in [-0.2, -0.15) is 13.2 Å². The maximum atomic E-state index is 12.5. The summed E-state index contributed by atoms with van der Waals surface area (Å²) < 4.78 is 37.5. The van der Waals surface area contributed by atoms with Crippen molar-refractivity contribution in [1.29, 1.82) is 0 Å². The Morgan fingerprint density at radius 2 is 2.00 bits per heavy atom.